The summed E-state index contributed by atoms with van der Waals surface area (Å²) in [6, 6.07) is 21.4. The molecule has 0 bridgehead atoms. The molecule has 124 valence electrons. The highest BCUT2D eigenvalue weighted by Gasteiger charge is 2.37. The summed E-state index contributed by atoms with van der Waals surface area (Å²) in [5.74, 6) is 1.15. The molecule has 2 N–H and O–H groups in total. The van der Waals surface area contributed by atoms with Crippen LogP contribution in [-0.4, -0.2) is 25.0 Å². The lowest BCUT2D eigenvalue weighted by Crippen LogP contribution is -2.46. The van der Waals surface area contributed by atoms with Gasteiger partial charge < -0.3 is 10.6 Å². The standard InChI is InChI=1S/C21H24N2O/c24-21(20-14-22-13-19(20)16-9-5-2-6-10-16)23-18-11-17(12-18)15-7-3-1-4-8-15/h1-10,17-20,22H,11-14H2,(H,23,24)/t17?,18?,19-,20+/m0/s1. The first kappa shape index (κ1) is 15.4. The number of rotatable bonds is 4. The van der Waals surface area contributed by atoms with E-state index in [1.165, 1.54) is 11.1 Å². The molecule has 2 aromatic rings. The third-order valence-electron chi connectivity index (χ3n) is 5.53. The number of nitrogens with one attached hydrogen (secondary N) is 2. The summed E-state index contributed by atoms with van der Waals surface area (Å²) >= 11 is 0. The molecule has 2 fully saturated rings. The third-order valence-corrected chi connectivity index (χ3v) is 5.53. The van der Waals surface area contributed by atoms with Crippen LogP contribution in [0.1, 0.15) is 35.8 Å². The Balaban J connectivity index is 1.34. The summed E-state index contributed by atoms with van der Waals surface area (Å²) in [6.45, 7) is 1.67. The largest absolute Gasteiger partial charge is 0.353 e. The Morgan fingerprint density at radius 3 is 2.17 bits per heavy atom. The van der Waals surface area contributed by atoms with E-state index in [2.05, 4.69) is 65.2 Å². The highest BCUT2D eigenvalue weighted by Crippen LogP contribution is 2.37. The zero-order chi connectivity index (χ0) is 16.4. The first-order valence-electron chi connectivity index (χ1n) is 8.92. The maximum atomic E-state index is 12.7. The van der Waals surface area contributed by atoms with Crippen LogP contribution >= 0.6 is 0 Å². The second kappa shape index (κ2) is 6.78. The van der Waals surface area contributed by atoms with Crippen LogP contribution in [0.5, 0.6) is 0 Å². The lowest BCUT2D eigenvalue weighted by Gasteiger charge is -2.37. The van der Waals surface area contributed by atoms with E-state index in [0.29, 0.717) is 12.0 Å². The third kappa shape index (κ3) is 3.09. The molecule has 0 radical (unpaired) electrons. The summed E-state index contributed by atoms with van der Waals surface area (Å²) < 4.78 is 0. The van der Waals surface area contributed by atoms with Gasteiger partial charge in [-0.3, -0.25) is 4.79 Å². The van der Waals surface area contributed by atoms with Crippen molar-refractivity contribution in [3.63, 3.8) is 0 Å². The maximum Gasteiger partial charge on any atom is 0.225 e. The monoisotopic (exact) mass is 320 g/mol. The summed E-state index contributed by atoms with van der Waals surface area (Å²) in [4.78, 5) is 12.7. The normalized spacial score (nSPS) is 29.0. The maximum absolute atomic E-state index is 12.7. The number of hydrogen-bond acceptors (Lipinski definition) is 2. The van der Waals surface area contributed by atoms with Crippen molar-refractivity contribution < 1.29 is 4.79 Å². The summed E-state index contributed by atoms with van der Waals surface area (Å²) in [5, 5.41) is 6.66. The van der Waals surface area contributed by atoms with Crippen molar-refractivity contribution in [2.75, 3.05) is 13.1 Å². The second-order valence-corrected chi connectivity index (χ2v) is 7.07. The molecule has 1 amide bonds. The van der Waals surface area contributed by atoms with Crippen LogP contribution in [0.2, 0.25) is 0 Å². The van der Waals surface area contributed by atoms with Gasteiger partial charge in [-0.05, 0) is 29.9 Å². The van der Waals surface area contributed by atoms with Gasteiger partial charge >= 0.3 is 0 Å². The van der Waals surface area contributed by atoms with E-state index in [9.17, 15) is 4.79 Å². The predicted molar refractivity (Wildman–Crippen MR) is 95.9 cm³/mol. The molecule has 0 unspecified atom stereocenters. The Bertz CT molecular complexity index is 679. The summed E-state index contributed by atoms with van der Waals surface area (Å²) in [6.07, 6.45) is 2.12. The zero-order valence-electron chi connectivity index (χ0n) is 13.8. The molecule has 0 aromatic heterocycles. The van der Waals surface area contributed by atoms with Crippen LogP contribution in [0.15, 0.2) is 60.7 Å². The van der Waals surface area contributed by atoms with Crippen LogP contribution in [0.3, 0.4) is 0 Å². The van der Waals surface area contributed by atoms with Crippen molar-refractivity contribution in [3.05, 3.63) is 71.8 Å². The van der Waals surface area contributed by atoms with Crippen LogP contribution in [-0.2, 0) is 4.79 Å². The highest BCUT2D eigenvalue weighted by atomic mass is 16.2. The van der Waals surface area contributed by atoms with Gasteiger partial charge in [0.1, 0.15) is 0 Å². The van der Waals surface area contributed by atoms with Gasteiger partial charge in [0.25, 0.3) is 0 Å². The van der Waals surface area contributed by atoms with E-state index in [1.54, 1.807) is 0 Å². The molecule has 3 heteroatoms. The average molecular weight is 320 g/mol. The minimum absolute atomic E-state index is 0.0446. The summed E-state index contributed by atoms with van der Waals surface area (Å²) in [7, 11) is 0. The Morgan fingerprint density at radius 1 is 0.875 bits per heavy atom. The number of carbonyl (C=O) groups is 1. The number of amides is 1. The van der Waals surface area contributed by atoms with E-state index in [0.717, 1.165) is 25.9 Å². The Hall–Kier alpha value is -2.13. The van der Waals surface area contributed by atoms with Gasteiger partial charge in [0.2, 0.25) is 5.91 Å². The molecule has 2 aromatic carbocycles. The van der Waals surface area contributed by atoms with Gasteiger partial charge in [0.15, 0.2) is 0 Å². The molecule has 1 aliphatic heterocycles. The van der Waals surface area contributed by atoms with Gasteiger partial charge in [-0.15, -0.1) is 0 Å². The van der Waals surface area contributed by atoms with Crippen molar-refractivity contribution in [1.82, 2.24) is 10.6 Å². The SMILES string of the molecule is O=C(NC1CC(c2ccccc2)C1)[C@@H]1CNC[C@H]1c1ccccc1. The molecule has 1 heterocycles. The molecule has 2 atom stereocenters. The minimum atomic E-state index is 0.0446. The number of benzene rings is 2. The van der Waals surface area contributed by atoms with E-state index < -0.39 is 0 Å². The van der Waals surface area contributed by atoms with E-state index in [-0.39, 0.29) is 17.7 Å². The average Bonchev–Trinajstić information content (AvgIpc) is 3.09. The fourth-order valence-corrected chi connectivity index (χ4v) is 4.05. The van der Waals surface area contributed by atoms with Crippen molar-refractivity contribution in [2.45, 2.75) is 30.7 Å². The van der Waals surface area contributed by atoms with Crippen molar-refractivity contribution in [1.29, 1.82) is 0 Å². The van der Waals surface area contributed by atoms with Gasteiger partial charge in [0.05, 0.1) is 5.92 Å². The smallest absolute Gasteiger partial charge is 0.225 e. The Kier molecular flexibility index (Phi) is 4.35. The Labute approximate surface area is 143 Å². The van der Waals surface area contributed by atoms with Crippen molar-refractivity contribution in [3.8, 4) is 0 Å². The lowest BCUT2D eigenvalue weighted by molar-refractivity contribution is -0.126. The quantitative estimate of drug-likeness (QED) is 0.909. The van der Waals surface area contributed by atoms with Crippen LogP contribution in [0.25, 0.3) is 0 Å². The first-order chi connectivity index (χ1) is 11.8. The van der Waals surface area contributed by atoms with Gasteiger partial charge in [-0.1, -0.05) is 60.7 Å². The molecular weight excluding hydrogens is 296 g/mol. The second-order valence-electron chi connectivity index (χ2n) is 7.07. The van der Waals surface area contributed by atoms with Crippen molar-refractivity contribution >= 4 is 5.91 Å². The lowest BCUT2D eigenvalue weighted by atomic mass is 9.75. The van der Waals surface area contributed by atoms with E-state index in [1.807, 2.05) is 6.07 Å². The summed E-state index contributed by atoms with van der Waals surface area (Å²) in [5.41, 5.74) is 2.66. The van der Waals surface area contributed by atoms with Gasteiger partial charge in [-0.2, -0.15) is 0 Å². The molecule has 0 spiro atoms. The molecule has 1 saturated heterocycles. The highest BCUT2D eigenvalue weighted by molar-refractivity contribution is 5.81. The zero-order valence-corrected chi connectivity index (χ0v) is 13.8. The molecule has 3 nitrogen and oxygen atoms in total. The molecule has 24 heavy (non-hydrogen) atoms. The van der Waals surface area contributed by atoms with Crippen LogP contribution in [0.4, 0.5) is 0 Å². The van der Waals surface area contributed by atoms with Crippen LogP contribution in [0, 0.1) is 5.92 Å². The van der Waals surface area contributed by atoms with E-state index >= 15 is 0 Å². The van der Waals surface area contributed by atoms with Gasteiger partial charge in [-0.25, -0.2) is 0 Å². The van der Waals surface area contributed by atoms with Crippen LogP contribution < -0.4 is 10.6 Å². The van der Waals surface area contributed by atoms with Gasteiger partial charge in [0, 0.05) is 25.0 Å². The minimum Gasteiger partial charge on any atom is -0.353 e. The fourth-order valence-electron chi connectivity index (χ4n) is 4.05. The van der Waals surface area contributed by atoms with E-state index in [4.69, 9.17) is 0 Å². The van der Waals surface area contributed by atoms with Crippen molar-refractivity contribution in [2.24, 2.45) is 5.92 Å². The first-order valence-corrected chi connectivity index (χ1v) is 8.92. The molecule has 1 saturated carbocycles. The number of carbonyl (C=O) groups excluding carboxylic acids is 1. The Morgan fingerprint density at radius 2 is 1.50 bits per heavy atom. The molecule has 2 aliphatic rings. The predicted octanol–water partition coefficient (Wildman–Crippen LogP) is 3.05. The molecular formula is C21H24N2O. The molecule has 1 aliphatic carbocycles. The molecule has 4 rings (SSSR count). The topological polar surface area (TPSA) is 41.1 Å². The number of hydrogen-bond donors (Lipinski definition) is 2. The fraction of sp³-hybridized carbons (Fsp3) is 0.381.